The van der Waals surface area contributed by atoms with E-state index in [1.165, 1.54) is 26.0 Å². The average molecular weight is 523 g/mol. The Morgan fingerprint density at radius 2 is 1.41 bits per heavy atom. The number of nitrogens with one attached hydrogen (secondary N) is 1. The molecule has 0 aromatic heterocycles. The van der Waals surface area contributed by atoms with E-state index in [0.29, 0.717) is 5.69 Å². The average Bonchev–Trinajstić information content (AvgIpc) is 2.90. The maximum Gasteiger partial charge on any atom is 0.304 e. The highest BCUT2D eigenvalue weighted by atomic mass is 32.2. The first-order valence-corrected chi connectivity index (χ1v) is 13.4. The van der Waals surface area contributed by atoms with Crippen LogP contribution in [-0.2, 0) is 32.8 Å². The van der Waals surface area contributed by atoms with Crippen LogP contribution in [0.25, 0.3) is 0 Å². The lowest BCUT2D eigenvalue weighted by molar-refractivity contribution is -0.139. The van der Waals surface area contributed by atoms with Crippen LogP contribution in [0.1, 0.15) is 16.7 Å². The second-order valence-electron chi connectivity index (χ2n) is 8.96. The SMILES string of the molecule is CNC(=O)[C@@H](Cc1ccccc1)N(Cc1ccc(C)cc1)C(=O)CN(c1ccccc1)S(=O)(=O)N(C)C. The monoisotopic (exact) mass is 522 g/mol. The van der Waals surface area contributed by atoms with Gasteiger partial charge in [-0.1, -0.05) is 78.4 Å². The van der Waals surface area contributed by atoms with Crippen LogP contribution in [0.15, 0.2) is 84.9 Å². The van der Waals surface area contributed by atoms with Crippen molar-refractivity contribution in [3.8, 4) is 0 Å². The summed E-state index contributed by atoms with van der Waals surface area (Å²) in [6.45, 7) is 1.66. The van der Waals surface area contributed by atoms with Crippen molar-refractivity contribution in [1.82, 2.24) is 14.5 Å². The van der Waals surface area contributed by atoms with Crippen molar-refractivity contribution in [3.05, 3.63) is 102 Å². The number of benzene rings is 3. The van der Waals surface area contributed by atoms with E-state index in [9.17, 15) is 18.0 Å². The molecular weight excluding hydrogens is 488 g/mol. The Hall–Kier alpha value is -3.69. The summed E-state index contributed by atoms with van der Waals surface area (Å²) in [5.74, 6) is -0.814. The van der Waals surface area contributed by atoms with Crippen LogP contribution < -0.4 is 9.62 Å². The minimum atomic E-state index is -3.99. The summed E-state index contributed by atoms with van der Waals surface area (Å²) in [6.07, 6.45) is 0.282. The number of carbonyl (C=O) groups is 2. The Balaban J connectivity index is 2.04. The van der Waals surface area contributed by atoms with Gasteiger partial charge >= 0.3 is 10.2 Å². The van der Waals surface area contributed by atoms with E-state index < -0.39 is 28.7 Å². The molecule has 3 aromatic rings. The van der Waals surface area contributed by atoms with Crippen molar-refractivity contribution in [3.63, 3.8) is 0 Å². The van der Waals surface area contributed by atoms with Crippen LogP contribution >= 0.6 is 0 Å². The molecule has 1 atom stereocenters. The summed E-state index contributed by atoms with van der Waals surface area (Å²) in [5, 5.41) is 2.68. The first kappa shape index (κ1) is 27.9. The second-order valence-corrected chi connectivity index (χ2v) is 11.0. The lowest BCUT2D eigenvalue weighted by atomic mass is 10.0. The van der Waals surface area contributed by atoms with E-state index in [-0.39, 0.29) is 18.9 Å². The van der Waals surface area contributed by atoms with Gasteiger partial charge < -0.3 is 10.2 Å². The summed E-state index contributed by atoms with van der Waals surface area (Å²) >= 11 is 0. The molecule has 37 heavy (non-hydrogen) atoms. The first-order chi connectivity index (χ1) is 17.6. The van der Waals surface area contributed by atoms with Crippen molar-refractivity contribution < 1.29 is 18.0 Å². The molecule has 3 aromatic carbocycles. The highest BCUT2D eigenvalue weighted by Crippen LogP contribution is 2.21. The first-order valence-electron chi connectivity index (χ1n) is 12.0. The third-order valence-corrected chi connectivity index (χ3v) is 7.87. The van der Waals surface area contributed by atoms with Crippen LogP contribution in [-0.4, -0.2) is 63.2 Å². The third kappa shape index (κ3) is 7.18. The van der Waals surface area contributed by atoms with Gasteiger partial charge in [0.15, 0.2) is 0 Å². The molecule has 196 valence electrons. The number of hydrogen-bond acceptors (Lipinski definition) is 4. The van der Waals surface area contributed by atoms with Crippen LogP contribution in [0.4, 0.5) is 5.69 Å². The maximum absolute atomic E-state index is 13.9. The minimum absolute atomic E-state index is 0.147. The topological polar surface area (TPSA) is 90.0 Å². The number of anilines is 1. The predicted molar refractivity (Wildman–Crippen MR) is 146 cm³/mol. The van der Waals surface area contributed by atoms with Crippen LogP contribution in [0, 0.1) is 6.92 Å². The van der Waals surface area contributed by atoms with Gasteiger partial charge in [-0.15, -0.1) is 0 Å². The summed E-state index contributed by atoms with van der Waals surface area (Å²) < 4.78 is 28.6. The van der Waals surface area contributed by atoms with Crippen LogP contribution in [0.3, 0.4) is 0 Å². The molecular formula is C28H34N4O4S. The Bertz CT molecular complexity index is 1280. The van der Waals surface area contributed by atoms with Crippen molar-refractivity contribution in [2.45, 2.75) is 25.9 Å². The molecule has 0 aliphatic rings. The van der Waals surface area contributed by atoms with E-state index in [0.717, 1.165) is 25.3 Å². The molecule has 0 radical (unpaired) electrons. The fourth-order valence-electron chi connectivity index (χ4n) is 3.92. The highest BCUT2D eigenvalue weighted by molar-refractivity contribution is 7.90. The van der Waals surface area contributed by atoms with Crippen LogP contribution in [0.5, 0.6) is 0 Å². The molecule has 0 aliphatic heterocycles. The molecule has 0 saturated heterocycles. The van der Waals surface area contributed by atoms with Crippen LogP contribution in [0.2, 0.25) is 0 Å². The lowest BCUT2D eigenvalue weighted by Gasteiger charge is -2.34. The Labute approximate surface area is 219 Å². The van der Waals surface area contributed by atoms with E-state index in [2.05, 4.69) is 5.32 Å². The number of hydrogen-bond donors (Lipinski definition) is 1. The van der Waals surface area contributed by atoms with Crippen molar-refractivity contribution >= 4 is 27.7 Å². The standard InChI is InChI=1S/C28H34N4O4S/c1-22-15-17-24(18-16-22)20-31(26(28(34)29-2)19-23-11-7-5-8-12-23)27(33)21-32(37(35,36)30(3)4)25-13-9-6-10-14-25/h5-18,26H,19-21H2,1-4H3,(H,29,34)/t26-/m1/s1. The molecule has 0 heterocycles. The van der Waals surface area contributed by atoms with E-state index in [1.54, 1.807) is 30.3 Å². The van der Waals surface area contributed by atoms with E-state index in [1.807, 2.05) is 61.5 Å². The number of carbonyl (C=O) groups excluding carboxylic acids is 2. The molecule has 0 saturated carbocycles. The van der Waals surface area contributed by atoms with Gasteiger partial charge in [0.25, 0.3) is 0 Å². The van der Waals surface area contributed by atoms with Crippen molar-refractivity contribution in [1.29, 1.82) is 0 Å². The van der Waals surface area contributed by atoms with Gasteiger partial charge in [0.05, 0.1) is 5.69 Å². The lowest BCUT2D eigenvalue weighted by Crippen LogP contribution is -2.53. The van der Waals surface area contributed by atoms with E-state index in [4.69, 9.17) is 0 Å². The quantitative estimate of drug-likeness (QED) is 0.419. The fourth-order valence-corrected chi connectivity index (χ4v) is 4.98. The zero-order valence-electron chi connectivity index (χ0n) is 21.7. The smallest absolute Gasteiger partial charge is 0.304 e. The zero-order chi connectivity index (χ0) is 27.0. The number of amides is 2. The summed E-state index contributed by atoms with van der Waals surface area (Å²) in [5.41, 5.74) is 3.15. The normalized spacial score (nSPS) is 12.1. The molecule has 0 bridgehead atoms. The Kier molecular flexibility index (Phi) is 9.43. The summed E-state index contributed by atoms with van der Waals surface area (Å²) in [4.78, 5) is 28.5. The van der Waals surface area contributed by atoms with Gasteiger partial charge in [-0.2, -0.15) is 12.7 Å². The molecule has 9 heteroatoms. The number of para-hydroxylation sites is 1. The van der Waals surface area contributed by atoms with Gasteiger partial charge in [0.1, 0.15) is 12.6 Å². The van der Waals surface area contributed by atoms with Crippen molar-refractivity contribution in [2.24, 2.45) is 0 Å². The zero-order valence-corrected chi connectivity index (χ0v) is 22.5. The molecule has 3 rings (SSSR count). The molecule has 0 unspecified atom stereocenters. The molecule has 0 spiro atoms. The Morgan fingerprint density at radius 3 is 1.95 bits per heavy atom. The maximum atomic E-state index is 13.9. The predicted octanol–water partition coefficient (Wildman–Crippen LogP) is 2.99. The molecule has 0 aliphatic carbocycles. The largest absolute Gasteiger partial charge is 0.357 e. The molecule has 8 nitrogen and oxygen atoms in total. The second kappa shape index (κ2) is 12.5. The fraction of sp³-hybridized carbons (Fsp3) is 0.286. The Morgan fingerprint density at radius 1 is 0.838 bits per heavy atom. The third-order valence-electron chi connectivity index (χ3n) is 6.05. The summed E-state index contributed by atoms with van der Waals surface area (Å²) in [6, 6.07) is 24.8. The number of likely N-dealkylation sites (N-methyl/N-ethyl adjacent to an activating group) is 1. The molecule has 0 fully saturated rings. The number of aryl methyl sites for hydroxylation is 1. The van der Waals surface area contributed by atoms with Crippen molar-refractivity contribution in [2.75, 3.05) is 32.0 Å². The van der Waals surface area contributed by atoms with Gasteiger partial charge in [-0.25, -0.2) is 4.31 Å². The van der Waals surface area contributed by atoms with Gasteiger partial charge in [0, 0.05) is 34.1 Å². The van der Waals surface area contributed by atoms with Gasteiger partial charge in [0.2, 0.25) is 11.8 Å². The van der Waals surface area contributed by atoms with Gasteiger partial charge in [-0.3, -0.25) is 9.59 Å². The minimum Gasteiger partial charge on any atom is -0.357 e. The highest BCUT2D eigenvalue weighted by Gasteiger charge is 2.34. The molecule has 1 N–H and O–H groups in total. The number of nitrogens with zero attached hydrogens (tertiary/aromatic N) is 3. The summed E-state index contributed by atoms with van der Waals surface area (Å²) in [7, 11) is 0.377. The van der Waals surface area contributed by atoms with E-state index >= 15 is 0 Å². The molecule has 2 amide bonds. The van der Waals surface area contributed by atoms with Gasteiger partial charge in [-0.05, 0) is 30.2 Å². The number of rotatable bonds is 11.